The minimum Gasteiger partial charge on any atom is -0.445 e. The highest BCUT2D eigenvalue weighted by molar-refractivity contribution is 8.32. The van der Waals surface area contributed by atoms with Gasteiger partial charge in [0.2, 0.25) is 0 Å². The lowest BCUT2D eigenvalue weighted by Gasteiger charge is -2.37. The smallest absolute Gasteiger partial charge is 0.410 e. The Morgan fingerprint density at radius 3 is 2.65 bits per heavy atom. The van der Waals surface area contributed by atoms with Gasteiger partial charge in [-0.2, -0.15) is 0 Å². The normalized spacial score (nSPS) is 18.0. The number of benzene rings is 1. The summed E-state index contributed by atoms with van der Waals surface area (Å²) in [4.78, 5) is 36.9. The Morgan fingerprint density at radius 2 is 1.93 bits per heavy atom. The summed E-state index contributed by atoms with van der Waals surface area (Å²) in [7, 11) is -0.653. The molecule has 0 spiro atoms. The SMILES string of the molecule is CCNC(=O)c1cn(COCCS(C)(C)C)c2ncc(N[C@H]3CC[C@@H](C)N(C(=O)OCc4ccccc4)C3)nc12. The summed E-state index contributed by atoms with van der Waals surface area (Å²) in [6.07, 6.45) is 11.6. The Kier molecular flexibility index (Phi) is 9.91. The molecule has 1 aromatic carbocycles. The number of hydrogen-bond donors (Lipinski definition) is 2. The number of carbonyl (C=O) groups is 2. The zero-order valence-corrected chi connectivity index (χ0v) is 25.0. The predicted molar refractivity (Wildman–Crippen MR) is 161 cm³/mol. The maximum absolute atomic E-state index is 12.9. The fourth-order valence-corrected chi connectivity index (χ4v) is 5.22. The van der Waals surface area contributed by atoms with E-state index in [9.17, 15) is 9.59 Å². The van der Waals surface area contributed by atoms with Gasteiger partial charge in [0.25, 0.3) is 5.91 Å². The molecule has 40 heavy (non-hydrogen) atoms. The molecule has 0 radical (unpaired) electrons. The van der Waals surface area contributed by atoms with Crippen molar-refractivity contribution in [3.8, 4) is 0 Å². The second kappa shape index (κ2) is 13.4. The van der Waals surface area contributed by atoms with Gasteiger partial charge in [0, 0.05) is 37.1 Å². The van der Waals surface area contributed by atoms with Crippen LogP contribution in [0.4, 0.5) is 10.6 Å². The van der Waals surface area contributed by atoms with E-state index in [0.29, 0.717) is 49.0 Å². The molecule has 2 aromatic heterocycles. The van der Waals surface area contributed by atoms with E-state index in [-0.39, 0.29) is 30.7 Å². The van der Waals surface area contributed by atoms with Crippen LogP contribution in [-0.4, -0.2) is 87.7 Å². The third kappa shape index (κ3) is 7.88. The van der Waals surface area contributed by atoms with Crippen molar-refractivity contribution in [1.82, 2.24) is 24.8 Å². The fraction of sp³-hybridized carbons (Fsp3) is 0.517. The van der Waals surface area contributed by atoms with E-state index >= 15 is 0 Å². The number of ether oxygens (including phenoxy) is 2. The van der Waals surface area contributed by atoms with Gasteiger partial charge < -0.3 is 29.6 Å². The summed E-state index contributed by atoms with van der Waals surface area (Å²) < 4.78 is 13.3. The number of aromatic nitrogens is 3. The molecule has 3 aromatic rings. The second-order valence-electron chi connectivity index (χ2n) is 11.1. The van der Waals surface area contributed by atoms with E-state index in [0.717, 1.165) is 24.2 Å². The zero-order valence-electron chi connectivity index (χ0n) is 24.2. The monoisotopic (exact) mass is 570 g/mol. The van der Waals surface area contributed by atoms with Crippen LogP contribution in [0, 0.1) is 0 Å². The Morgan fingerprint density at radius 1 is 1.15 bits per heavy atom. The van der Waals surface area contributed by atoms with Crippen LogP contribution in [0.15, 0.2) is 42.7 Å². The molecular weight excluding hydrogens is 528 g/mol. The maximum Gasteiger partial charge on any atom is 0.410 e. The number of hydrogen-bond acceptors (Lipinski definition) is 7. The minimum absolute atomic E-state index is 0.0227. The lowest BCUT2D eigenvalue weighted by atomic mass is 10.00. The molecule has 2 amide bonds. The summed E-state index contributed by atoms with van der Waals surface area (Å²) in [5, 5.41) is 6.30. The van der Waals surface area contributed by atoms with E-state index in [2.05, 4.69) is 34.4 Å². The zero-order chi connectivity index (χ0) is 28.7. The molecule has 2 atom stereocenters. The molecule has 1 fully saturated rings. The van der Waals surface area contributed by atoms with E-state index < -0.39 is 10.0 Å². The molecule has 0 saturated carbocycles. The largest absolute Gasteiger partial charge is 0.445 e. The Bertz CT molecular complexity index is 1290. The highest BCUT2D eigenvalue weighted by Crippen LogP contribution is 2.33. The van der Waals surface area contributed by atoms with Gasteiger partial charge in [-0.25, -0.2) is 24.8 Å². The summed E-state index contributed by atoms with van der Waals surface area (Å²) in [5.74, 6) is 1.37. The topological polar surface area (TPSA) is 111 Å². The number of carbonyl (C=O) groups excluding carboxylic acids is 2. The van der Waals surface area contributed by atoms with Crippen molar-refractivity contribution in [3.05, 3.63) is 53.9 Å². The molecule has 10 nitrogen and oxygen atoms in total. The molecule has 11 heteroatoms. The predicted octanol–water partition coefficient (Wildman–Crippen LogP) is 4.45. The number of likely N-dealkylation sites (tertiary alicyclic amines) is 1. The molecule has 1 aliphatic rings. The van der Waals surface area contributed by atoms with Crippen molar-refractivity contribution < 1.29 is 19.1 Å². The van der Waals surface area contributed by atoms with Gasteiger partial charge in [0.15, 0.2) is 5.65 Å². The summed E-state index contributed by atoms with van der Waals surface area (Å²) >= 11 is 0. The molecule has 1 saturated heterocycles. The minimum atomic E-state index is -0.653. The molecule has 3 heterocycles. The van der Waals surface area contributed by atoms with Gasteiger partial charge in [0.1, 0.15) is 24.7 Å². The van der Waals surface area contributed by atoms with Crippen LogP contribution in [0.1, 0.15) is 42.6 Å². The molecule has 0 aliphatic carbocycles. The highest BCUT2D eigenvalue weighted by Gasteiger charge is 2.30. The van der Waals surface area contributed by atoms with Gasteiger partial charge in [-0.15, -0.1) is 0 Å². The van der Waals surface area contributed by atoms with Crippen LogP contribution >= 0.6 is 10.0 Å². The Hall–Kier alpha value is -3.31. The first-order chi connectivity index (χ1) is 19.1. The molecule has 1 aliphatic heterocycles. The van der Waals surface area contributed by atoms with Gasteiger partial charge >= 0.3 is 6.09 Å². The molecule has 218 valence electrons. The van der Waals surface area contributed by atoms with Crippen LogP contribution in [-0.2, 0) is 22.8 Å². The first-order valence-electron chi connectivity index (χ1n) is 13.8. The van der Waals surface area contributed by atoms with Crippen LogP contribution < -0.4 is 10.6 Å². The van der Waals surface area contributed by atoms with Gasteiger partial charge in [-0.1, -0.05) is 30.3 Å². The Labute approximate surface area is 238 Å². The molecule has 2 N–H and O–H groups in total. The highest BCUT2D eigenvalue weighted by atomic mass is 32.3. The van der Waals surface area contributed by atoms with Gasteiger partial charge in [-0.3, -0.25) is 4.79 Å². The summed E-state index contributed by atoms with van der Waals surface area (Å²) in [6, 6.07) is 9.72. The van der Waals surface area contributed by atoms with Crippen LogP contribution in [0.3, 0.4) is 0 Å². The molecule has 0 bridgehead atoms. The van der Waals surface area contributed by atoms with Crippen LogP contribution in [0.2, 0.25) is 0 Å². The number of fused-ring (bicyclic) bond motifs is 1. The van der Waals surface area contributed by atoms with Gasteiger partial charge in [-0.05, 0) is 51.0 Å². The van der Waals surface area contributed by atoms with Crippen molar-refractivity contribution in [2.24, 2.45) is 0 Å². The average Bonchev–Trinajstić information content (AvgIpc) is 3.29. The van der Waals surface area contributed by atoms with Crippen molar-refractivity contribution in [2.45, 2.75) is 52.1 Å². The lowest BCUT2D eigenvalue weighted by Crippen LogP contribution is -2.49. The van der Waals surface area contributed by atoms with E-state index in [1.54, 1.807) is 17.3 Å². The third-order valence-electron chi connectivity index (χ3n) is 6.89. The quantitative estimate of drug-likeness (QED) is 0.328. The molecule has 4 rings (SSSR count). The Balaban J connectivity index is 1.45. The number of rotatable bonds is 11. The number of nitrogens with zero attached hydrogens (tertiary/aromatic N) is 4. The van der Waals surface area contributed by atoms with E-state index in [4.69, 9.17) is 14.5 Å². The van der Waals surface area contributed by atoms with Crippen molar-refractivity contribution in [1.29, 1.82) is 0 Å². The summed E-state index contributed by atoms with van der Waals surface area (Å²) in [5.41, 5.74) is 2.53. The lowest BCUT2D eigenvalue weighted by molar-refractivity contribution is 0.0695. The van der Waals surface area contributed by atoms with E-state index in [1.165, 1.54) is 0 Å². The standard InChI is InChI=1S/C29H42N6O4S/c1-6-30-28(36)24-18-34(20-38-14-15-40(3,4)5)27-26(24)33-25(16-31-27)32-23-13-12-21(2)35(17-23)29(37)39-19-22-10-8-7-9-11-22/h7-11,16,18,21,23H,6,12-15,17,19-20H2,1-5H3,(H,30,36)(H,32,33)/t21-,23+/m1/s1. The molecular formula is C29H42N6O4S. The number of amides is 2. The van der Waals surface area contributed by atoms with Crippen molar-refractivity contribution in [2.75, 3.05) is 49.5 Å². The second-order valence-corrected chi connectivity index (χ2v) is 15.7. The third-order valence-corrected chi connectivity index (χ3v) is 8.28. The number of anilines is 1. The van der Waals surface area contributed by atoms with Crippen LogP contribution in [0.5, 0.6) is 0 Å². The first-order valence-corrected chi connectivity index (χ1v) is 16.8. The molecule has 0 unspecified atom stereocenters. The number of piperidine rings is 1. The van der Waals surface area contributed by atoms with E-state index in [1.807, 2.05) is 48.7 Å². The van der Waals surface area contributed by atoms with Crippen LogP contribution in [0.25, 0.3) is 11.2 Å². The maximum atomic E-state index is 12.9. The number of nitrogens with one attached hydrogen (secondary N) is 2. The van der Waals surface area contributed by atoms with Crippen molar-refractivity contribution >= 4 is 39.0 Å². The summed E-state index contributed by atoms with van der Waals surface area (Å²) in [6.45, 7) is 6.11. The average molecular weight is 571 g/mol. The van der Waals surface area contributed by atoms with Crippen molar-refractivity contribution in [3.63, 3.8) is 0 Å². The van der Waals surface area contributed by atoms with Gasteiger partial charge in [0.05, 0.1) is 18.4 Å². The fourth-order valence-electron chi connectivity index (χ4n) is 4.60. The first kappa shape index (κ1) is 29.7.